The zero-order chi connectivity index (χ0) is 17.6. The molecule has 0 saturated heterocycles. The van der Waals surface area contributed by atoms with Gasteiger partial charge >= 0.3 is 5.97 Å². The number of carboxylic acid groups (broad SMARTS) is 1. The third-order valence-electron chi connectivity index (χ3n) is 4.35. The largest absolute Gasteiger partial charge is 0.493 e. The lowest BCUT2D eigenvalue weighted by atomic mass is 9.93. The zero-order valence-corrected chi connectivity index (χ0v) is 15.1. The molecule has 0 aliphatic rings. The van der Waals surface area contributed by atoms with Crippen molar-refractivity contribution in [3.8, 4) is 5.75 Å². The summed E-state index contributed by atoms with van der Waals surface area (Å²) in [5, 5.41) is 13.8. The van der Waals surface area contributed by atoms with Crippen molar-refractivity contribution in [2.75, 3.05) is 6.61 Å². The first-order valence-corrected chi connectivity index (χ1v) is 9.48. The molecule has 0 bridgehead atoms. The molecule has 0 saturated carbocycles. The number of fused-ring (bicyclic) bond motifs is 1. The van der Waals surface area contributed by atoms with Crippen molar-refractivity contribution in [3.05, 3.63) is 64.4 Å². The van der Waals surface area contributed by atoms with Gasteiger partial charge in [0.1, 0.15) is 5.75 Å². The molecule has 1 heterocycles. The molecule has 3 aromatic rings. The molecule has 1 unspecified atom stereocenters. The number of thiophene rings is 1. The Hall–Kier alpha value is -2.33. The molecule has 0 fully saturated rings. The maximum atomic E-state index is 11.9. The van der Waals surface area contributed by atoms with E-state index in [0.29, 0.717) is 13.0 Å². The lowest BCUT2D eigenvalue weighted by Gasteiger charge is -2.17. The maximum Gasteiger partial charge on any atom is 0.312 e. The molecule has 2 aromatic carbocycles. The van der Waals surface area contributed by atoms with Gasteiger partial charge in [-0.1, -0.05) is 49.7 Å². The summed E-state index contributed by atoms with van der Waals surface area (Å²) < 4.78 is 5.99. The van der Waals surface area contributed by atoms with Crippen LogP contribution in [0, 0.1) is 0 Å². The molecule has 1 N–H and O–H groups in total. The van der Waals surface area contributed by atoms with Crippen LogP contribution in [0.15, 0.2) is 53.9 Å². The molecular weight excluding hydrogens is 332 g/mol. The molecule has 130 valence electrons. The Balaban J connectivity index is 2.01. The van der Waals surface area contributed by atoms with E-state index in [4.69, 9.17) is 4.74 Å². The molecule has 1 atom stereocenters. The van der Waals surface area contributed by atoms with Gasteiger partial charge in [-0.2, -0.15) is 0 Å². The van der Waals surface area contributed by atoms with Gasteiger partial charge in [-0.05, 0) is 41.1 Å². The molecule has 1 aromatic heterocycles. The van der Waals surface area contributed by atoms with Gasteiger partial charge in [0.2, 0.25) is 0 Å². The van der Waals surface area contributed by atoms with Gasteiger partial charge in [0.05, 0.1) is 12.5 Å². The lowest BCUT2D eigenvalue weighted by Crippen LogP contribution is -2.14. The van der Waals surface area contributed by atoms with Crippen LogP contribution in [0.5, 0.6) is 5.75 Å². The Morgan fingerprint density at radius 2 is 2.00 bits per heavy atom. The van der Waals surface area contributed by atoms with E-state index in [1.165, 1.54) is 11.3 Å². The summed E-state index contributed by atoms with van der Waals surface area (Å²) in [6, 6.07) is 15.9. The highest BCUT2D eigenvalue weighted by atomic mass is 32.1. The molecule has 25 heavy (non-hydrogen) atoms. The van der Waals surface area contributed by atoms with Gasteiger partial charge in [0.25, 0.3) is 0 Å². The molecule has 0 aliphatic heterocycles. The average Bonchev–Trinajstić information content (AvgIpc) is 3.14. The molecule has 4 heteroatoms. The SMILES string of the molecule is CCCCOc1ccc2ccccc2c1CC(C(=O)O)c1cccs1. The summed E-state index contributed by atoms with van der Waals surface area (Å²) >= 11 is 1.49. The van der Waals surface area contributed by atoms with E-state index in [1.54, 1.807) is 0 Å². The second-order valence-corrected chi connectivity index (χ2v) is 7.06. The first-order chi connectivity index (χ1) is 12.2. The number of unbranched alkanes of at least 4 members (excludes halogenated alkanes) is 1. The number of carboxylic acids is 1. The smallest absolute Gasteiger partial charge is 0.312 e. The fraction of sp³-hybridized carbons (Fsp3) is 0.286. The van der Waals surface area contributed by atoms with Crippen LogP contribution in [0.2, 0.25) is 0 Å². The number of hydrogen-bond acceptors (Lipinski definition) is 3. The number of ether oxygens (including phenoxy) is 1. The van der Waals surface area contributed by atoms with Gasteiger partial charge in [-0.15, -0.1) is 11.3 Å². The van der Waals surface area contributed by atoms with Crippen molar-refractivity contribution in [2.24, 2.45) is 0 Å². The third-order valence-corrected chi connectivity index (χ3v) is 5.33. The highest BCUT2D eigenvalue weighted by Gasteiger charge is 2.24. The predicted molar refractivity (Wildman–Crippen MR) is 103 cm³/mol. The van der Waals surface area contributed by atoms with Crippen molar-refractivity contribution >= 4 is 28.1 Å². The second kappa shape index (κ2) is 8.17. The standard InChI is InChI=1S/C21H22O3S/c1-2-3-12-24-19-11-10-15-7-4-5-8-16(15)17(19)14-18(21(22)23)20-9-6-13-25-20/h4-11,13,18H,2-3,12,14H2,1H3,(H,22,23). The second-order valence-electron chi connectivity index (χ2n) is 6.08. The van der Waals surface area contributed by atoms with Crippen LogP contribution in [-0.4, -0.2) is 17.7 Å². The first-order valence-electron chi connectivity index (χ1n) is 8.60. The van der Waals surface area contributed by atoms with Crippen molar-refractivity contribution in [2.45, 2.75) is 32.1 Å². The van der Waals surface area contributed by atoms with Crippen molar-refractivity contribution < 1.29 is 14.6 Å². The highest BCUT2D eigenvalue weighted by Crippen LogP contribution is 2.34. The fourth-order valence-corrected chi connectivity index (χ4v) is 3.81. The maximum absolute atomic E-state index is 11.9. The van der Waals surface area contributed by atoms with Gasteiger partial charge in [-0.25, -0.2) is 0 Å². The van der Waals surface area contributed by atoms with E-state index in [0.717, 1.165) is 39.8 Å². The van der Waals surface area contributed by atoms with Gasteiger partial charge < -0.3 is 9.84 Å². The third kappa shape index (κ3) is 4.02. The quantitative estimate of drug-likeness (QED) is 0.544. The van der Waals surface area contributed by atoms with Crippen LogP contribution in [0.25, 0.3) is 10.8 Å². The summed E-state index contributed by atoms with van der Waals surface area (Å²) in [5.74, 6) is -0.552. The van der Waals surface area contributed by atoms with Crippen LogP contribution in [-0.2, 0) is 11.2 Å². The first kappa shape index (κ1) is 17.5. The number of carbonyl (C=O) groups is 1. The van der Waals surface area contributed by atoms with E-state index < -0.39 is 11.9 Å². The van der Waals surface area contributed by atoms with Gasteiger partial charge in [-0.3, -0.25) is 4.79 Å². The topological polar surface area (TPSA) is 46.5 Å². The molecule has 0 spiro atoms. The molecule has 3 nitrogen and oxygen atoms in total. The minimum Gasteiger partial charge on any atom is -0.493 e. The highest BCUT2D eigenvalue weighted by molar-refractivity contribution is 7.10. The molecular formula is C21H22O3S. The van der Waals surface area contributed by atoms with E-state index in [2.05, 4.69) is 13.0 Å². The summed E-state index contributed by atoms with van der Waals surface area (Å²) in [5.41, 5.74) is 0.981. The Kier molecular flexibility index (Phi) is 5.71. The van der Waals surface area contributed by atoms with Crippen molar-refractivity contribution in [3.63, 3.8) is 0 Å². The molecule has 0 aliphatic carbocycles. The predicted octanol–water partition coefficient (Wildman–Crippen LogP) is 5.49. The number of aliphatic carboxylic acids is 1. The molecule has 3 rings (SSSR count). The van der Waals surface area contributed by atoms with Crippen LogP contribution in [0.4, 0.5) is 0 Å². The zero-order valence-electron chi connectivity index (χ0n) is 14.3. The Morgan fingerprint density at radius 3 is 2.72 bits per heavy atom. The monoisotopic (exact) mass is 354 g/mol. The summed E-state index contributed by atoms with van der Waals surface area (Å²) in [6.07, 6.45) is 2.48. The molecule has 0 amide bonds. The Labute approximate surface area is 151 Å². The summed E-state index contributed by atoms with van der Waals surface area (Å²) in [7, 11) is 0. The fourth-order valence-electron chi connectivity index (χ4n) is 2.99. The lowest BCUT2D eigenvalue weighted by molar-refractivity contribution is -0.138. The van der Waals surface area contributed by atoms with E-state index in [9.17, 15) is 9.90 Å². The van der Waals surface area contributed by atoms with E-state index in [-0.39, 0.29) is 0 Å². The average molecular weight is 354 g/mol. The van der Waals surface area contributed by atoms with E-state index in [1.807, 2.05) is 47.8 Å². The minimum atomic E-state index is -0.796. The minimum absolute atomic E-state index is 0.429. The summed E-state index contributed by atoms with van der Waals surface area (Å²) in [6.45, 7) is 2.78. The van der Waals surface area contributed by atoms with Crippen LogP contribution >= 0.6 is 11.3 Å². The van der Waals surface area contributed by atoms with Crippen molar-refractivity contribution in [1.29, 1.82) is 0 Å². The van der Waals surface area contributed by atoms with Crippen LogP contribution in [0.1, 0.15) is 36.1 Å². The van der Waals surface area contributed by atoms with E-state index >= 15 is 0 Å². The normalized spacial score (nSPS) is 12.2. The number of hydrogen-bond donors (Lipinski definition) is 1. The Bertz CT molecular complexity index is 839. The number of benzene rings is 2. The number of rotatable bonds is 8. The summed E-state index contributed by atoms with van der Waals surface area (Å²) in [4.78, 5) is 12.8. The Morgan fingerprint density at radius 1 is 1.16 bits per heavy atom. The van der Waals surface area contributed by atoms with Gasteiger partial charge in [0, 0.05) is 10.4 Å². The van der Waals surface area contributed by atoms with Gasteiger partial charge in [0.15, 0.2) is 0 Å². The van der Waals surface area contributed by atoms with Crippen LogP contribution in [0.3, 0.4) is 0 Å². The van der Waals surface area contributed by atoms with Crippen LogP contribution < -0.4 is 4.74 Å². The molecule has 0 radical (unpaired) electrons. The van der Waals surface area contributed by atoms with Crippen molar-refractivity contribution in [1.82, 2.24) is 0 Å².